The Labute approximate surface area is 287 Å². The van der Waals surface area contributed by atoms with Crippen LogP contribution < -0.4 is 20.1 Å². The Balaban J connectivity index is 0.00000144. The Bertz CT molecular complexity index is 2110. The third-order valence-electron chi connectivity index (χ3n) is 9.22. The smallest absolute Gasteiger partial charge is 0.417 e. The molecule has 0 radical (unpaired) electrons. The lowest BCUT2D eigenvalue weighted by Crippen LogP contribution is -2.39. The monoisotopic (exact) mass is 715 g/mol. The first-order chi connectivity index (χ1) is 24.2. The minimum atomic E-state index is -4.86. The summed E-state index contributed by atoms with van der Waals surface area (Å²) in [6.45, 7) is 5.64. The molecule has 2 aliphatic rings. The van der Waals surface area contributed by atoms with Gasteiger partial charge in [0.05, 0.1) is 35.6 Å². The van der Waals surface area contributed by atoms with Crippen LogP contribution in [-0.4, -0.2) is 85.5 Å². The Hall–Kier alpha value is -5.39. The number of pyridine rings is 2. The summed E-state index contributed by atoms with van der Waals surface area (Å²) >= 11 is 0. The van der Waals surface area contributed by atoms with Gasteiger partial charge in [0.15, 0.2) is 5.82 Å². The summed E-state index contributed by atoms with van der Waals surface area (Å²) in [6, 6.07) is 1.26. The number of H-pyrrole nitrogens is 1. The summed E-state index contributed by atoms with van der Waals surface area (Å²) in [5.74, 6) is -1.69. The lowest BCUT2D eigenvalue weighted by atomic mass is 9.94. The number of hydrogen-bond acceptors (Lipinski definition) is 11. The molecule has 3 atom stereocenters. The molecule has 0 amide bonds. The number of fused-ring (bicyclic) bond motifs is 1. The van der Waals surface area contributed by atoms with Crippen molar-refractivity contribution in [2.24, 2.45) is 0 Å². The van der Waals surface area contributed by atoms with Crippen LogP contribution in [0.15, 0.2) is 24.5 Å². The quantitative estimate of drug-likeness (QED) is 0.146. The fraction of sp³-hybridized carbons (Fsp3) is 0.394. The molecule has 1 aromatic carbocycles. The number of alkyl halides is 3. The number of nitrogens with one attached hydrogen (secondary N) is 1. The van der Waals surface area contributed by atoms with E-state index in [0.717, 1.165) is 25.6 Å². The normalized spacial score (nSPS) is 18.3. The highest BCUT2D eigenvalue weighted by Crippen LogP contribution is 2.47. The van der Waals surface area contributed by atoms with Crippen molar-refractivity contribution in [1.29, 1.82) is 0 Å². The second-order valence-electron chi connectivity index (χ2n) is 12.5. The van der Waals surface area contributed by atoms with Crippen LogP contribution in [0, 0.1) is 18.6 Å². The summed E-state index contributed by atoms with van der Waals surface area (Å²) < 4.78 is 87.5. The molecule has 1 fully saturated rings. The molecule has 5 aromatic rings. The number of carbonyl (C=O) groups is 1. The third kappa shape index (κ3) is 6.50. The fourth-order valence-electron chi connectivity index (χ4n) is 6.83. The third-order valence-corrected chi connectivity index (χ3v) is 9.22. The van der Waals surface area contributed by atoms with Crippen LogP contribution in [0.3, 0.4) is 0 Å². The van der Waals surface area contributed by atoms with Gasteiger partial charge in [-0.15, -0.1) is 0 Å². The molecule has 270 valence electrons. The lowest BCUT2D eigenvalue weighted by molar-refractivity contribution is -0.137. The van der Waals surface area contributed by atoms with Crippen LogP contribution in [0.25, 0.3) is 33.1 Å². The van der Waals surface area contributed by atoms with Crippen molar-refractivity contribution < 1.29 is 41.3 Å². The van der Waals surface area contributed by atoms with Crippen LogP contribution in [0.1, 0.15) is 49.4 Å². The average Bonchev–Trinajstić information content (AvgIpc) is 3.68. The molecule has 13 nitrogen and oxygen atoms in total. The highest BCUT2D eigenvalue weighted by atomic mass is 19.4. The van der Waals surface area contributed by atoms with Crippen LogP contribution >= 0.6 is 0 Å². The fourth-order valence-corrected chi connectivity index (χ4v) is 6.83. The molecule has 0 unspecified atom stereocenters. The zero-order valence-electron chi connectivity index (χ0n) is 27.9. The van der Waals surface area contributed by atoms with Gasteiger partial charge in [-0.2, -0.15) is 28.2 Å². The number of likely N-dealkylation sites (tertiary alicyclic amines) is 1. The van der Waals surface area contributed by atoms with Gasteiger partial charge in [0.25, 0.3) is 6.47 Å². The Morgan fingerprint density at radius 3 is 2.65 bits per heavy atom. The van der Waals surface area contributed by atoms with Crippen LogP contribution in [0.5, 0.6) is 11.9 Å². The number of anilines is 2. The summed E-state index contributed by atoms with van der Waals surface area (Å²) in [7, 11) is 1.97. The molecule has 1 saturated heterocycles. The van der Waals surface area contributed by atoms with Gasteiger partial charge in [0.1, 0.15) is 47.3 Å². The molecular weight excluding hydrogens is 681 g/mol. The van der Waals surface area contributed by atoms with Gasteiger partial charge < -0.3 is 30.1 Å². The summed E-state index contributed by atoms with van der Waals surface area (Å²) in [5.41, 5.74) is 4.12. The first-order valence-corrected chi connectivity index (χ1v) is 15.9. The van der Waals surface area contributed by atoms with E-state index < -0.39 is 46.7 Å². The number of halogens is 5. The number of rotatable bonds is 6. The maximum atomic E-state index is 17.0. The SMILES string of the molecule is Cc1cc2[nH]ncc2c(-c2nc3c4c(nc(OC[C@@H]5CCCN5C)nc4c2F)N([C@H](C)c2cc(F)cnc2N)[C@@H](C)CO3)c1C(F)(F)F.O=CO. The number of nitrogens with zero attached hydrogens (tertiary/aromatic N) is 7. The van der Waals surface area contributed by atoms with Crippen molar-refractivity contribution in [2.45, 2.75) is 57.9 Å². The van der Waals surface area contributed by atoms with Gasteiger partial charge in [-0.3, -0.25) is 9.89 Å². The van der Waals surface area contributed by atoms with Crippen LogP contribution in [0.2, 0.25) is 0 Å². The van der Waals surface area contributed by atoms with Crippen molar-refractivity contribution in [2.75, 3.05) is 37.4 Å². The van der Waals surface area contributed by atoms with Crippen molar-refractivity contribution in [1.82, 2.24) is 35.0 Å². The van der Waals surface area contributed by atoms with E-state index in [2.05, 4.69) is 30.0 Å². The number of benzene rings is 1. The molecule has 7 rings (SSSR count). The van der Waals surface area contributed by atoms with E-state index >= 15 is 4.39 Å². The van der Waals surface area contributed by atoms with Crippen LogP contribution in [0.4, 0.5) is 33.6 Å². The molecule has 0 bridgehead atoms. The maximum Gasteiger partial charge on any atom is 0.417 e. The molecule has 6 heterocycles. The van der Waals surface area contributed by atoms with Gasteiger partial charge in [0.2, 0.25) is 5.88 Å². The molecule has 0 spiro atoms. The van der Waals surface area contributed by atoms with Crippen molar-refractivity contribution in [3.05, 3.63) is 52.9 Å². The van der Waals surface area contributed by atoms with Gasteiger partial charge >= 0.3 is 12.2 Å². The van der Waals surface area contributed by atoms with E-state index in [0.29, 0.717) is 5.56 Å². The Morgan fingerprint density at radius 2 is 1.96 bits per heavy atom. The molecule has 0 saturated carbocycles. The molecule has 18 heteroatoms. The number of hydrogen-bond donors (Lipinski definition) is 3. The van der Waals surface area contributed by atoms with Gasteiger partial charge in [-0.05, 0) is 64.9 Å². The first kappa shape index (κ1) is 35.4. The van der Waals surface area contributed by atoms with Gasteiger partial charge in [-0.1, -0.05) is 0 Å². The van der Waals surface area contributed by atoms with E-state index in [1.807, 2.05) is 14.0 Å². The summed E-state index contributed by atoms with van der Waals surface area (Å²) in [4.78, 5) is 29.7. The number of aromatic nitrogens is 6. The predicted octanol–water partition coefficient (Wildman–Crippen LogP) is 5.67. The number of likely N-dealkylation sites (N-methyl/N-ethyl adjacent to an activating group) is 1. The van der Waals surface area contributed by atoms with Crippen LogP contribution in [-0.2, 0) is 11.0 Å². The van der Waals surface area contributed by atoms with E-state index in [4.69, 9.17) is 30.1 Å². The molecule has 0 aliphatic carbocycles. The number of carboxylic acid groups (broad SMARTS) is 1. The van der Waals surface area contributed by atoms with Crippen molar-refractivity contribution in [3.63, 3.8) is 0 Å². The van der Waals surface area contributed by atoms with Crippen molar-refractivity contribution in [3.8, 4) is 23.1 Å². The predicted molar refractivity (Wildman–Crippen MR) is 176 cm³/mol. The van der Waals surface area contributed by atoms with E-state index in [-0.39, 0.29) is 76.6 Å². The molecule has 2 aliphatic heterocycles. The number of nitrogens with two attached hydrogens (primary N) is 1. The number of ether oxygens (including phenoxy) is 2. The van der Waals surface area contributed by atoms with E-state index in [1.54, 1.807) is 11.8 Å². The maximum absolute atomic E-state index is 17.0. The Morgan fingerprint density at radius 1 is 1.22 bits per heavy atom. The zero-order valence-corrected chi connectivity index (χ0v) is 27.9. The molecule has 4 aromatic heterocycles. The Kier molecular flexibility index (Phi) is 9.54. The summed E-state index contributed by atoms with van der Waals surface area (Å²) in [6.07, 6.45) is -0.808. The largest absolute Gasteiger partial charge is 0.483 e. The molecule has 4 N–H and O–H groups in total. The lowest BCUT2D eigenvalue weighted by Gasteiger charge is -2.35. The second kappa shape index (κ2) is 13.7. The minimum absolute atomic E-state index is 0.0189. The summed E-state index contributed by atoms with van der Waals surface area (Å²) in [5, 5.41) is 13.5. The molecular formula is C33H34F5N9O4. The standard InChI is InChI=1S/C32H32F5N9O2.CH2O2/c1-14-8-21-20(11-40-44-21)22(24(14)32(35,36)37)26-25(34)27-23-29(43-31(42-27)48-13-18-6-5-7-45(18)4)46(15(2)12-47-30(23)41-26)16(3)19-9-17(33)10-39-28(19)38;2-1-3/h8-11,15-16,18H,5-7,12-13H2,1-4H3,(H2,38,39)(H,40,44);1H,(H,2,3)/t15-,16+,18-;/m0./s1. The van der Waals surface area contributed by atoms with E-state index in [1.165, 1.54) is 25.3 Å². The molecule has 51 heavy (non-hydrogen) atoms. The average molecular weight is 716 g/mol. The second-order valence-corrected chi connectivity index (χ2v) is 12.5. The van der Waals surface area contributed by atoms with Gasteiger partial charge in [0, 0.05) is 22.6 Å². The topological polar surface area (TPSA) is 168 Å². The van der Waals surface area contributed by atoms with Gasteiger partial charge in [-0.25, -0.2) is 18.7 Å². The van der Waals surface area contributed by atoms with Crippen molar-refractivity contribution >= 4 is 39.9 Å². The zero-order chi connectivity index (χ0) is 36.8. The minimum Gasteiger partial charge on any atom is -0.483 e. The number of aryl methyl sites for hydroxylation is 1. The first-order valence-electron chi connectivity index (χ1n) is 15.9. The highest BCUT2D eigenvalue weighted by Gasteiger charge is 2.40. The van der Waals surface area contributed by atoms with E-state index in [9.17, 15) is 17.6 Å². The number of nitrogen functional groups attached to an aromatic ring is 1. The number of aromatic amines is 1. The highest BCUT2D eigenvalue weighted by molar-refractivity contribution is 6.02.